The fraction of sp³-hybridized carbons (Fsp3) is 0.429. The Kier molecular flexibility index (Phi) is 3.38. The highest BCUT2D eigenvalue weighted by molar-refractivity contribution is 7.89. The quantitative estimate of drug-likeness (QED) is 0.843. The number of aryl methyl sites for hydroxylation is 1. The first kappa shape index (κ1) is 15.8. The van der Waals surface area contributed by atoms with Crippen LogP contribution in [0.3, 0.4) is 0 Å². The fourth-order valence-corrected chi connectivity index (χ4v) is 3.95. The van der Waals surface area contributed by atoms with Crippen molar-refractivity contribution in [1.29, 1.82) is 0 Å². The number of carbonyl (C=O) groups is 1. The Hall–Kier alpha value is -2.13. The molecule has 1 aliphatic rings. The number of hydrogen-bond acceptors (Lipinski definition) is 4. The lowest BCUT2D eigenvalue weighted by Gasteiger charge is -2.12. The molecule has 3 rings (SSSR count). The summed E-state index contributed by atoms with van der Waals surface area (Å²) in [6, 6.07) is 3.70. The van der Waals surface area contributed by atoms with E-state index in [0.29, 0.717) is 5.52 Å². The summed E-state index contributed by atoms with van der Waals surface area (Å²) in [6.07, 6.45) is 1.59. The predicted octanol–water partition coefficient (Wildman–Crippen LogP) is 0.358. The third-order valence-electron chi connectivity index (χ3n) is 4.14. The molecular formula is C14H18N4O4S. The summed E-state index contributed by atoms with van der Waals surface area (Å²) in [5, 5.41) is 2.38. The van der Waals surface area contributed by atoms with Gasteiger partial charge in [0.2, 0.25) is 10.0 Å². The number of imidazole rings is 1. The molecule has 8 nitrogen and oxygen atoms in total. The zero-order chi connectivity index (χ0) is 17.0. The summed E-state index contributed by atoms with van der Waals surface area (Å²) in [5.41, 5.74) is -0.197. The maximum atomic E-state index is 12.5. The second-order valence-corrected chi connectivity index (χ2v) is 7.73. The van der Waals surface area contributed by atoms with Crippen molar-refractivity contribution < 1.29 is 13.2 Å². The molecule has 1 heterocycles. The van der Waals surface area contributed by atoms with E-state index in [1.54, 1.807) is 0 Å². The molecule has 0 saturated heterocycles. The van der Waals surface area contributed by atoms with Gasteiger partial charge in [0.05, 0.1) is 15.9 Å². The Balaban J connectivity index is 2.18. The minimum atomic E-state index is -3.71. The zero-order valence-electron chi connectivity index (χ0n) is 13.1. The Morgan fingerprint density at radius 1 is 1.26 bits per heavy atom. The summed E-state index contributed by atoms with van der Waals surface area (Å²) < 4.78 is 29.8. The van der Waals surface area contributed by atoms with Crippen LogP contribution in [0.25, 0.3) is 11.0 Å². The van der Waals surface area contributed by atoms with Crippen molar-refractivity contribution in [1.82, 2.24) is 19.2 Å². The van der Waals surface area contributed by atoms with E-state index in [9.17, 15) is 18.0 Å². The highest BCUT2D eigenvalue weighted by Gasteiger charge is 2.41. The first-order chi connectivity index (χ1) is 10.7. The Labute approximate surface area is 133 Å². The zero-order valence-corrected chi connectivity index (χ0v) is 13.9. The summed E-state index contributed by atoms with van der Waals surface area (Å²) in [6.45, 7) is 1.84. The first-order valence-corrected chi connectivity index (χ1v) is 8.64. The smallest absolute Gasteiger partial charge is 0.337 e. The van der Waals surface area contributed by atoms with Crippen LogP contribution in [0, 0.1) is 0 Å². The number of nitrogens with zero attached hydrogens (tertiary/aromatic N) is 2. The minimum Gasteiger partial charge on any atom is -0.340 e. The van der Waals surface area contributed by atoms with Gasteiger partial charge in [-0.25, -0.2) is 27.3 Å². The van der Waals surface area contributed by atoms with Gasteiger partial charge in [0.15, 0.2) is 0 Å². The van der Waals surface area contributed by atoms with Gasteiger partial charge in [-0.15, -0.1) is 0 Å². The third kappa shape index (κ3) is 2.55. The van der Waals surface area contributed by atoms with Crippen LogP contribution in [0.15, 0.2) is 27.9 Å². The number of rotatable bonds is 3. The van der Waals surface area contributed by atoms with Gasteiger partial charge in [0.25, 0.3) is 0 Å². The average Bonchev–Trinajstić information content (AvgIpc) is 3.15. The van der Waals surface area contributed by atoms with Crippen LogP contribution in [-0.4, -0.2) is 36.2 Å². The van der Waals surface area contributed by atoms with Gasteiger partial charge in [-0.3, -0.25) is 4.57 Å². The van der Waals surface area contributed by atoms with Crippen LogP contribution in [0.1, 0.15) is 19.8 Å². The molecule has 0 radical (unpaired) electrons. The molecule has 1 aromatic carbocycles. The molecule has 23 heavy (non-hydrogen) atoms. The lowest BCUT2D eigenvalue weighted by atomic mass is 10.3. The number of sulfonamides is 1. The van der Waals surface area contributed by atoms with Gasteiger partial charge in [-0.2, -0.15) is 0 Å². The monoisotopic (exact) mass is 338 g/mol. The maximum Gasteiger partial charge on any atom is 0.337 e. The third-order valence-corrected chi connectivity index (χ3v) is 5.77. The molecule has 0 atom stereocenters. The topological polar surface area (TPSA) is 102 Å². The Bertz CT molecular complexity index is 967. The largest absolute Gasteiger partial charge is 0.340 e. The maximum absolute atomic E-state index is 12.5. The molecule has 9 heteroatoms. The van der Waals surface area contributed by atoms with Crippen LogP contribution < -0.4 is 15.7 Å². The standard InChI is InChI=1S/C14H18N4O4S/c1-14(6-7-14)16-23(21,22)9-4-5-10-11(8-9)18(12(19)15-2)13(20)17(10)3/h4-5,8,16H,6-7H2,1-3H3,(H,15,19). The Morgan fingerprint density at radius 3 is 2.48 bits per heavy atom. The summed E-state index contributed by atoms with van der Waals surface area (Å²) in [7, 11) is -0.770. The fourth-order valence-electron chi connectivity index (χ4n) is 2.47. The van der Waals surface area contributed by atoms with Crippen molar-refractivity contribution in [3.8, 4) is 0 Å². The molecular weight excluding hydrogens is 320 g/mol. The van der Waals surface area contributed by atoms with Gasteiger partial charge in [-0.05, 0) is 38.0 Å². The SMILES string of the molecule is CNC(=O)n1c(=O)n(C)c2ccc(S(=O)(=O)NC3(C)CC3)cc21. The number of carbonyl (C=O) groups excluding carboxylic acids is 1. The molecule has 1 aromatic heterocycles. The molecule has 1 fully saturated rings. The van der Waals surface area contributed by atoms with Crippen molar-refractivity contribution in [2.24, 2.45) is 7.05 Å². The van der Waals surface area contributed by atoms with E-state index >= 15 is 0 Å². The highest BCUT2D eigenvalue weighted by Crippen LogP contribution is 2.36. The molecule has 0 unspecified atom stereocenters. The minimum absolute atomic E-state index is 0.0291. The average molecular weight is 338 g/mol. The molecule has 1 amide bonds. The molecule has 124 valence electrons. The van der Waals surface area contributed by atoms with E-state index in [1.165, 1.54) is 36.9 Å². The predicted molar refractivity (Wildman–Crippen MR) is 85.0 cm³/mol. The lowest BCUT2D eigenvalue weighted by molar-refractivity contribution is 0.244. The van der Waals surface area contributed by atoms with Crippen LogP contribution in [0.4, 0.5) is 4.79 Å². The van der Waals surface area contributed by atoms with Crippen LogP contribution in [0.5, 0.6) is 0 Å². The lowest BCUT2D eigenvalue weighted by Crippen LogP contribution is -2.35. The van der Waals surface area contributed by atoms with E-state index in [1.807, 2.05) is 6.92 Å². The van der Waals surface area contributed by atoms with Gasteiger partial charge < -0.3 is 5.32 Å². The second kappa shape index (κ2) is 4.93. The van der Waals surface area contributed by atoms with Crippen molar-refractivity contribution >= 4 is 27.1 Å². The van der Waals surface area contributed by atoms with Gasteiger partial charge in [0, 0.05) is 19.6 Å². The highest BCUT2D eigenvalue weighted by atomic mass is 32.2. The molecule has 0 bridgehead atoms. The number of hydrogen-bond donors (Lipinski definition) is 2. The van der Waals surface area contributed by atoms with Gasteiger partial charge in [-0.1, -0.05) is 0 Å². The van der Waals surface area contributed by atoms with Crippen molar-refractivity contribution in [3.05, 3.63) is 28.7 Å². The number of aromatic nitrogens is 2. The second-order valence-electron chi connectivity index (χ2n) is 6.05. The number of fused-ring (bicyclic) bond motifs is 1. The summed E-state index contributed by atoms with van der Waals surface area (Å²) in [4.78, 5) is 24.2. The molecule has 0 spiro atoms. The van der Waals surface area contributed by atoms with Crippen molar-refractivity contribution in [3.63, 3.8) is 0 Å². The van der Waals surface area contributed by atoms with E-state index in [4.69, 9.17) is 0 Å². The number of benzene rings is 1. The molecule has 0 aliphatic heterocycles. The van der Waals surface area contributed by atoms with E-state index in [0.717, 1.165) is 17.4 Å². The van der Waals surface area contributed by atoms with Crippen molar-refractivity contribution in [2.45, 2.75) is 30.2 Å². The van der Waals surface area contributed by atoms with Crippen LogP contribution in [-0.2, 0) is 17.1 Å². The summed E-state index contributed by atoms with van der Waals surface area (Å²) >= 11 is 0. The molecule has 2 aromatic rings. The van der Waals surface area contributed by atoms with Crippen LogP contribution >= 0.6 is 0 Å². The number of nitrogens with one attached hydrogen (secondary N) is 2. The van der Waals surface area contributed by atoms with Gasteiger partial charge >= 0.3 is 11.7 Å². The van der Waals surface area contributed by atoms with E-state index < -0.39 is 27.3 Å². The van der Waals surface area contributed by atoms with Crippen LogP contribution in [0.2, 0.25) is 0 Å². The number of amides is 1. The first-order valence-electron chi connectivity index (χ1n) is 7.16. The van der Waals surface area contributed by atoms with Crippen molar-refractivity contribution in [2.75, 3.05) is 7.05 Å². The molecule has 1 aliphatic carbocycles. The normalized spacial score (nSPS) is 16.5. The van der Waals surface area contributed by atoms with E-state index in [2.05, 4.69) is 10.0 Å². The molecule has 2 N–H and O–H groups in total. The van der Waals surface area contributed by atoms with E-state index in [-0.39, 0.29) is 10.4 Å². The summed E-state index contributed by atoms with van der Waals surface area (Å²) in [5.74, 6) is 0. The van der Waals surface area contributed by atoms with Gasteiger partial charge in [0.1, 0.15) is 0 Å². The molecule has 1 saturated carbocycles. The Morgan fingerprint density at radius 2 is 1.91 bits per heavy atom.